The highest BCUT2D eigenvalue weighted by atomic mass is 35.5. The average Bonchev–Trinajstić information content (AvgIpc) is 3.22. The van der Waals surface area contributed by atoms with Crippen LogP contribution in [0, 0.1) is 0 Å². The van der Waals surface area contributed by atoms with E-state index in [0.717, 1.165) is 31.3 Å². The summed E-state index contributed by atoms with van der Waals surface area (Å²) in [6.45, 7) is 1.86. The molecule has 0 saturated carbocycles. The van der Waals surface area contributed by atoms with Gasteiger partial charge in [-0.05, 0) is 37.6 Å². The van der Waals surface area contributed by atoms with E-state index in [9.17, 15) is 8.42 Å². The molecule has 0 unspecified atom stereocenters. The molecule has 1 fully saturated rings. The molecule has 4 aromatic rings. The summed E-state index contributed by atoms with van der Waals surface area (Å²) in [5.74, 6) is 0.473. The number of hydrogen-bond donors (Lipinski definition) is 2. The maximum atomic E-state index is 13.4. The van der Waals surface area contributed by atoms with Crippen molar-refractivity contribution in [1.29, 1.82) is 0 Å². The van der Waals surface area contributed by atoms with Gasteiger partial charge in [0.2, 0.25) is 5.95 Å². The van der Waals surface area contributed by atoms with Gasteiger partial charge in [0.25, 0.3) is 10.0 Å². The summed E-state index contributed by atoms with van der Waals surface area (Å²) in [7, 11) is -3.79. The average molecular weight is 504 g/mol. The van der Waals surface area contributed by atoms with Crippen molar-refractivity contribution in [1.82, 2.24) is 19.3 Å². The molecule has 172 valence electrons. The Labute approximate surface area is 203 Å². The summed E-state index contributed by atoms with van der Waals surface area (Å²) < 4.78 is 28.1. The van der Waals surface area contributed by atoms with Crippen molar-refractivity contribution in [3.8, 4) is 11.3 Å². The summed E-state index contributed by atoms with van der Waals surface area (Å²) in [5, 5.41) is 7.83. The minimum Gasteiger partial charge on any atom is -0.350 e. The number of aromatic nitrogens is 3. The van der Waals surface area contributed by atoms with E-state index < -0.39 is 10.0 Å². The first-order chi connectivity index (χ1) is 15.5. The Balaban J connectivity index is 0.00000259. The number of benzene rings is 2. The number of halogens is 2. The lowest BCUT2D eigenvalue weighted by atomic mass is 10.1. The second-order valence-corrected chi connectivity index (χ2v) is 9.97. The molecule has 2 N–H and O–H groups in total. The molecule has 10 heteroatoms. The highest BCUT2D eigenvalue weighted by molar-refractivity contribution is 7.90. The number of piperidine rings is 1. The number of anilines is 1. The first-order valence-electron chi connectivity index (χ1n) is 10.4. The third-order valence-corrected chi connectivity index (χ3v) is 7.57. The van der Waals surface area contributed by atoms with Crippen molar-refractivity contribution in [3.63, 3.8) is 0 Å². The Morgan fingerprint density at radius 1 is 1.09 bits per heavy atom. The molecule has 5 rings (SSSR count). The van der Waals surface area contributed by atoms with E-state index in [1.165, 1.54) is 3.97 Å². The predicted molar refractivity (Wildman–Crippen MR) is 134 cm³/mol. The van der Waals surface area contributed by atoms with Crippen LogP contribution in [0.2, 0.25) is 5.02 Å². The Hall–Kier alpha value is -2.65. The van der Waals surface area contributed by atoms with Gasteiger partial charge in [-0.3, -0.25) is 0 Å². The quantitative estimate of drug-likeness (QED) is 0.414. The molecule has 1 aliphatic rings. The van der Waals surface area contributed by atoms with Gasteiger partial charge in [0.1, 0.15) is 0 Å². The molecule has 33 heavy (non-hydrogen) atoms. The van der Waals surface area contributed by atoms with Gasteiger partial charge in [-0.2, -0.15) is 0 Å². The Kier molecular flexibility index (Phi) is 6.90. The first kappa shape index (κ1) is 23.5. The zero-order chi connectivity index (χ0) is 22.1. The molecule has 1 saturated heterocycles. The van der Waals surface area contributed by atoms with Gasteiger partial charge in [0, 0.05) is 29.7 Å². The van der Waals surface area contributed by atoms with Crippen molar-refractivity contribution < 1.29 is 8.42 Å². The van der Waals surface area contributed by atoms with Crippen LogP contribution in [0.15, 0.2) is 71.9 Å². The molecule has 2 aromatic carbocycles. The van der Waals surface area contributed by atoms with Gasteiger partial charge in [0.05, 0.1) is 27.3 Å². The number of nitrogens with zero attached hydrogens (tertiary/aromatic N) is 3. The fourth-order valence-electron chi connectivity index (χ4n) is 4.03. The van der Waals surface area contributed by atoms with E-state index in [2.05, 4.69) is 20.6 Å². The lowest BCUT2D eigenvalue weighted by molar-refractivity contribution is 0.478. The molecule has 1 aliphatic heterocycles. The molecule has 0 bridgehead atoms. The minimum atomic E-state index is -3.79. The zero-order valence-electron chi connectivity index (χ0n) is 17.6. The molecule has 1 atom stereocenters. The summed E-state index contributed by atoms with van der Waals surface area (Å²) in [4.78, 5) is 9.22. The Bertz CT molecular complexity index is 1370. The van der Waals surface area contributed by atoms with Crippen LogP contribution in [0.5, 0.6) is 0 Å². The summed E-state index contributed by atoms with van der Waals surface area (Å²) in [6.07, 6.45) is 5.26. The van der Waals surface area contributed by atoms with Crippen LogP contribution in [-0.4, -0.2) is 41.5 Å². The van der Waals surface area contributed by atoms with Crippen LogP contribution in [0.4, 0.5) is 5.95 Å². The summed E-state index contributed by atoms with van der Waals surface area (Å²) >= 11 is 6.49. The SMILES string of the molecule is Cl.O=S(=O)(c1ccccc1)n1cc(-c2nc(N[C@@H]3CCCNC3)ncc2Cl)c2ccccc21. The topological polar surface area (TPSA) is 88.9 Å². The second kappa shape index (κ2) is 9.69. The zero-order valence-corrected chi connectivity index (χ0v) is 20.0. The van der Waals surface area contributed by atoms with E-state index in [4.69, 9.17) is 11.6 Å². The summed E-state index contributed by atoms with van der Waals surface area (Å²) in [6, 6.07) is 15.9. The molecular formula is C23H23Cl2N5O2S. The van der Waals surface area contributed by atoms with Crippen LogP contribution in [-0.2, 0) is 10.0 Å². The summed E-state index contributed by atoms with van der Waals surface area (Å²) in [5.41, 5.74) is 1.69. The lowest BCUT2D eigenvalue weighted by Crippen LogP contribution is -2.38. The van der Waals surface area contributed by atoms with Crippen LogP contribution in [0.25, 0.3) is 22.2 Å². The van der Waals surface area contributed by atoms with Gasteiger partial charge in [-0.15, -0.1) is 12.4 Å². The molecule has 0 spiro atoms. The smallest absolute Gasteiger partial charge is 0.268 e. The van der Waals surface area contributed by atoms with E-state index in [1.807, 2.05) is 18.2 Å². The monoisotopic (exact) mass is 503 g/mol. The van der Waals surface area contributed by atoms with Crippen molar-refractivity contribution in [2.75, 3.05) is 18.4 Å². The fourth-order valence-corrected chi connectivity index (χ4v) is 5.61. The normalized spacial score (nSPS) is 16.3. The highest BCUT2D eigenvalue weighted by Crippen LogP contribution is 2.35. The van der Waals surface area contributed by atoms with Crippen molar-refractivity contribution in [3.05, 3.63) is 72.0 Å². The molecule has 0 aliphatic carbocycles. The van der Waals surface area contributed by atoms with Crippen LogP contribution >= 0.6 is 24.0 Å². The Morgan fingerprint density at radius 2 is 1.85 bits per heavy atom. The fraction of sp³-hybridized carbons (Fsp3) is 0.217. The first-order valence-corrected chi connectivity index (χ1v) is 12.3. The van der Waals surface area contributed by atoms with E-state index >= 15 is 0 Å². The van der Waals surface area contributed by atoms with Crippen LogP contribution < -0.4 is 10.6 Å². The second-order valence-electron chi connectivity index (χ2n) is 7.75. The maximum Gasteiger partial charge on any atom is 0.268 e. The minimum absolute atomic E-state index is 0. The number of para-hydroxylation sites is 1. The van der Waals surface area contributed by atoms with Crippen molar-refractivity contribution >= 4 is 50.9 Å². The van der Waals surface area contributed by atoms with Crippen LogP contribution in [0.3, 0.4) is 0 Å². The predicted octanol–water partition coefficient (Wildman–Crippen LogP) is 4.57. The van der Waals surface area contributed by atoms with Gasteiger partial charge < -0.3 is 10.6 Å². The third-order valence-electron chi connectivity index (χ3n) is 5.61. The molecule has 3 heterocycles. The largest absolute Gasteiger partial charge is 0.350 e. The van der Waals surface area contributed by atoms with E-state index in [-0.39, 0.29) is 23.3 Å². The van der Waals surface area contributed by atoms with E-state index in [0.29, 0.717) is 27.7 Å². The van der Waals surface area contributed by atoms with Crippen molar-refractivity contribution in [2.45, 2.75) is 23.8 Å². The molecule has 2 aromatic heterocycles. The van der Waals surface area contributed by atoms with Crippen LogP contribution in [0.1, 0.15) is 12.8 Å². The number of rotatable bonds is 5. The number of fused-ring (bicyclic) bond motifs is 1. The molecule has 0 amide bonds. The van der Waals surface area contributed by atoms with Crippen molar-refractivity contribution in [2.24, 2.45) is 0 Å². The Morgan fingerprint density at radius 3 is 2.61 bits per heavy atom. The van der Waals surface area contributed by atoms with Gasteiger partial charge >= 0.3 is 0 Å². The lowest BCUT2D eigenvalue weighted by Gasteiger charge is -2.23. The molecular weight excluding hydrogens is 481 g/mol. The molecule has 7 nitrogen and oxygen atoms in total. The van der Waals surface area contributed by atoms with Gasteiger partial charge in [-0.1, -0.05) is 48.0 Å². The number of nitrogens with one attached hydrogen (secondary N) is 2. The molecule has 0 radical (unpaired) electrons. The maximum absolute atomic E-state index is 13.4. The highest BCUT2D eigenvalue weighted by Gasteiger charge is 2.23. The van der Waals surface area contributed by atoms with E-state index in [1.54, 1.807) is 48.8 Å². The standard InChI is InChI=1S/C23H22ClN5O2S.ClH/c24-20-14-26-23(27-16-7-6-12-25-13-16)28-22(20)19-15-29(21-11-5-4-10-18(19)21)32(30,31)17-8-2-1-3-9-17;/h1-5,8-11,14-16,25H,6-7,12-13H2,(H,26,27,28);1H/t16-;/m1./s1. The van der Waals surface area contributed by atoms with Gasteiger partial charge in [-0.25, -0.2) is 22.4 Å². The third kappa shape index (κ3) is 4.56. The van der Waals surface area contributed by atoms with Gasteiger partial charge in [0.15, 0.2) is 0 Å². The number of hydrogen-bond acceptors (Lipinski definition) is 6.